The monoisotopic (exact) mass is 495 g/mol. The van der Waals surface area contributed by atoms with Crippen molar-refractivity contribution in [3.05, 3.63) is 77.8 Å². The van der Waals surface area contributed by atoms with Crippen LogP contribution in [0.4, 0.5) is 17.5 Å². The molecule has 4 aromatic rings. The van der Waals surface area contributed by atoms with E-state index in [-0.39, 0.29) is 24.4 Å². The van der Waals surface area contributed by atoms with Crippen molar-refractivity contribution < 1.29 is 14.3 Å². The third-order valence-electron chi connectivity index (χ3n) is 7.64. The molecule has 2 aromatic carbocycles. The Balaban J connectivity index is 1.19. The molecule has 186 valence electrons. The van der Waals surface area contributed by atoms with E-state index in [4.69, 9.17) is 9.40 Å². The van der Waals surface area contributed by atoms with Crippen LogP contribution in [0.25, 0.3) is 11.5 Å². The van der Waals surface area contributed by atoms with Crippen molar-refractivity contribution in [3.63, 3.8) is 0 Å². The lowest BCUT2D eigenvalue weighted by molar-refractivity contribution is 0.0660. The molecule has 1 saturated carbocycles. The number of nitrogens with one attached hydrogen (secondary N) is 2. The second-order valence-electron chi connectivity index (χ2n) is 9.88. The Kier molecular flexibility index (Phi) is 5.14. The minimum atomic E-state index is -0.403. The highest BCUT2D eigenvalue weighted by Crippen LogP contribution is 2.54. The largest absolute Gasteiger partial charge is 0.423 e. The van der Waals surface area contributed by atoms with Crippen LogP contribution >= 0.6 is 0 Å². The number of carbonyl (C=O) groups excluding carboxylic acids is 1. The summed E-state index contributed by atoms with van der Waals surface area (Å²) in [6.45, 7) is 0.729. The number of piperidine rings is 1. The number of hydrogen-bond donors (Lipinski definition) is 3. The van der Waals surface area contributed by atoms with Crippen molar-refractivity contribution in [1.29, 1.82) is 0 Å². The molecule has 1 amide bonds. The van der Waals surface area contributed by atoms with Gasteiger partial charge in [0.2, 0.25) is 12.3 Å². The van der Waals surface area contributed by atoms with Crippen molar-refractivity contribution in [2.75, 3.05) is 23.8 Å². The van der Waals surface area contributed by atoms with Gasteiger partial charge in [0.1, 0.15) is 5.82 Å². The number of benzene rings is 2. The zero-order chi connectivity index (χ0) is 24.9. The molecule has 0 spiro atoms. The summed E-state index contributed by atoms with van der Waals surface area (Å²) >= 11 is 0. The Labute approximate surface area is 212 Å². The van der Waals surface area contributed by atoms with E-state index in [2.05, 4.69) is 25.8 Å². The highest BCUT2D eigenvalue weighted by Gasteiger charge is 2.51. The molecule has 37 heavy (non-hydrogen) atoms. The molecule has 4 heterocycles. The Morgan fingerprint density at radius 3 is 2.81 bits per heavy atom. The number of nitrogens with zero attached hydrogens (tertiary/aromatic N) is 5. The van der Waals surface area contributed by atoms with Gasteiger partial charge in [0.15, 0.2) is 0 Å². The molecule has 2 aromatic heterocycles. The van der Waals surface area contributed by atoms with E-state index < -0.39 is 6.04 Å². The molecule has 10 heteroatoms. The lowest BCUT2D eigenvalue weighted by atomic mass is 9.96. The number of aliphatic hydroxyl groups excluding tert-OH is 1. The van der Waals surface area contributed by atoms with Gasteiger partial charge in [-0.05, 0) is 54.0 Å². The molecular weight excluding hydrogens is 470 g/mol. The van der Waals surface area contributed by atoms with E-state index in [0.29, 0.717) is 23.2 Å². The van der Waals surface area contributed by atoms with Gasteiger partial charge in [0.05, 0.1) is 24.3 Å². The first-order valence-electron chi connectivity index (χ1n) is 12.5. The van der Waals surface area contributed by atoms with Crippen LogP contribution in [-0.2, 0) is 0 Å². The first kappa shape index (κ1) is 21.9. The predicted octanol–water partition coefficient (Wildman–Crippen LogP) is 3.95. The fraction of sp³-hybridized carbons (Fsp3) is 0.296. The van der Waals surface area contributed by atoms with Crippen LogP contribution in [0.15, 0.2) is 65.5 Å². The average Bonchev–Trinajstić information content (AvgIpc) is 3.38. The van der Waals surface area contributed by atoms with E-state index in [9.17, 15) is 9.90 Å². The van der Waals surface area contributed by atoms with E-state index in [1.165, 1.54) is 12.8 Å². The highest BCUT2D eigenvalue weighted by atomic mass is 16.4. The van der Waals surface area contributed by atoms with Gasteiger partial charge in [-0.2, -0.15) is 4.98 Å². The fourth-order valence-electron chi connectivity index (χ4n) is 5.61. The lowest BCUT2D eigenvalue weighted by Crippen LogP contribution is -2.33. The molecule has 3 N–H and O–H groups in total. The topological polar surface area (TPSA) is 129 Å². The molecule has 3 unspecified atom stereocenters. The molecule has 3 aliphatic rings. The minimum absolute atomic E-state index is 0.138. The Morgan fingerprint density at radius 1 is 1.11 bits per heavy atom. The highest BCUT2D eigenvalue weighted by molar-refractivity contribution is 6.00. The van der Waals surface area contributed by atoms with Crippen molar-refractivity contribution in [2.45, 2.75) is 24.9 Å². The molecule has 1 aliphatic carbocycles. The summed E-state index contributed by atoms with van der Waals surface area (Å²) in [7, 11) is 0. The molecule has 0 radical (unpaired) electrons. The Hall–Kier alpha value is -4.31. The van der Waals surface area contributed by atoms with E-state index in [0.717, 1.165) is 41.3 Å². The molecule has 4 atom stereocenters. The number of amides is 1. The van der Waals surface area contributed by atoms with Crippen molar-refractivity contribution >= 4 is 23.4 Å². The molecule has 2 fully saturated rings. The summed E-state index contributed by atoms with van der Waals surface area (Å²) < 4.78 is 5.40. The zero-order valence-corrected chi connectivity index (χ0v) is 19.9. The molecule has 1 saturated heterocycles. The average molecular weight is 496 g/mol. The maximum Gasteiger partial charge on any atom is 0.254 e. The summed E-state index contributed by atoms with van der Waals surface area (Å²) in [6.07, 6.45) is 5.13. The van der Waals surface area contributed by atoms with Crippen LogP contribution in [-0.4, -0.2) is 49.2 Å². The third-order valence-corrected chi connectivity index (χ3v) is 7.64. The summed E-state index contributed by atoms with van der Waals surface area (Å²) in [6, 6.07) is 15.2. The van der Waals surface area contributed by atoms with E-state index >= 15 is 0 Å². The summed E-state index contributed by atoms with van der Waals surface area (Å²) in [5.41, 5.74) is 4.11. The maximum absolute atomic E-state index is 12.9. The second kappa shape index (κ2) is 8.67. The predicted molar refractivity (Wildman–Crippen MR) is 135 cm³/mol. The number of fused-ring (bicyclic) bond motifs is 4. The van der Waals surface area contributed by atoms with E-state index in [1.807, 2.05) is 53.4 Å². The lowest BCUT2D eigenvalue weighted by Gasteiger charge is -2.29. The minimum Gasteiger partial charge on any atom is -0.423 e. The van der Waals surface area contributed by atoms with Crippen molar-refractivity contribution in [2.24, 2.45) is 11.8 Å². The number of carbonyl (C=O) groups is 1. The van der Waals surface area contributed by atoms with Gasteiger partial charge in [0.25, 0.3) is 11.8 Å². The van der Waals surface area contributed by atoms with Gasteiger partial charge in [-0.15, -0.1) is 10.2 Å². The van der Waals surface area contributed by atoms with Crippen LogP contribution in [0.5, 0.6) is 0 Å². The summed E-state index contributed by atoms with van der Waals surface area (Å²) in [5.74, 6) is 2.64. The molecular formula is C27H25N7O3. The van der Waals surface area contributed by atoms with Crippen LogP contribution in [0.3, 0.4) is 0 Å². The zero-order valence-electron chi connectivity index (χ0n) is 19.9. The molecule has 2 aliphatic heterocycles. The second-order valence-corrected chi connectivity index (χ2v) is 9.88. The standard InChI is InChI=1S/C27H25N7O3/c35-13-22(15-4-2-1-3-5-15)31-24-21(25-33-29-14-37-25)11-28-27(32-24)30-18-6-7-19-20(10-18)23-9-16-8-17(16)12-34(23)26(19)36/h1-7,10-11,14,16-17,22-23,35H,8-9,12-13H2,(H2,28,30,31,32)/t16?,17?,22-,23?/m1/s1. The normalized spacial score (nSPS) is 22.1. The smallest absolute Gasteiger partial charge is 0.254 e. The first-order valence-corrected chi connectivity index (χ1v) is 12.5. The van der Waals surface area contributed by atoms with Gasteiger partial charge in [-0.1, -0.05) is 30.3 Å². The SMILES string of the molecule is O=C1c2ccc(Nc3ncc(-c4nnco4)c(N[C@H](CO)c4ccccc4)n3)cc2C2CC3CC3CN12. The van der Waals surface area contributed by atoms with Crippen LogP contribution in [0.2, 0.25) is 0 Å². The van der Waals surface area contributed by atoms with Gasteiger partial charge >= 0.3 is 0 Å². The number of anilines is 3. The van der Waals surface area contributed by atoms with E-state index in [1.54, 1.807) is 6.20 Å². The molecule has 0 bridgehead atoms. The molecule has 10 nitrogen and oxygen atoms in total. The Bertz CT molecular complexity index is 1460. The van der Waals surface area contributed by atoms with Crippen molar-refractivity contribution in [3.8, 4) is 11.5 Å². The Morgan fingerprint density at radius 2 is 2.00 bits per heavy atom. The first-order chi connectivity index (χ1) is 18.2. The number of hydrogen-bond acceptors (Lipinski definition) is 9. The van der Waals surface area contributed by atoms with Gasteiger partial charge in [-0.3, -0.25) is 4.79 Å². The molecule has 7 rings (SSSR count). The van der Waals surface area contributed by atoms with Gasteiger partial charge < -0.3 is 25.1 Å². The maximum atomic E-state index is 12.9. The third kappa shape index (κ3) is 3.89. The van der Waals surface area contributed by atoms with Crippen molar-refractivity contribution in [1.82, 2.24) is 25.1 Å². The fourth-order valence-corrected chi connectivity index (χ4v) is 5.61. The number of rotatable bonds is 7. The van der Waals surface area contributed by atoms with Crippen LogP contribution in [0.1, 0.15) is 46.4 Å². The van der Waals surface area contributed by atoms with Crippen LogP contribution in [0, 0.1) is 11.8 Å². The summed E-state index contributed by atoms with van der Waals surface area (Å²) in [4.78, 5) is 24.2. The quantitative estimate of drug-likeness (QED) is 0.349. The summed E-state index contributed by atoms with van der Waals surface area (Å²) in [5, 5.41) is 24.5. The number of aliphatic hydroxyl groups is 1. The number of aromatic nitrogens is 4. The van der Waals surface area contributed by atoms with Gasteiger partial charge in [0, 0.05) is 24.0 Å². The van der Waals surface area contributed by atoms with Gasteiger partial charge in [-0.25, -0.2) is 4.98 Å². The van der Waals surface area contributed by atoms with Crippen LogP contribution < -0.4 is 10.6 Å².